The van der Waals surface area contributed by atoms with Crippen LogP contribution in [0.2, 0.25) is 0 Å². The van der Waals surface area contributed by atoms with Gasteiger partial charge in [-0.25, -0.2) is 0 Å². The molecule has 0 saturated carbocycles. The second-order valence-electron chi connectivity index (χ2n) is 8.61. The molecule has 2 atom stereocenters. The number of β-amino-alcohol motifs (C(OH)–C–C–N with tert-alkyl or cyclic N) is 1. The van der Waals surface area contributed by atoms with E-state index in [0.717, 1.165) is 51.1 Å². The molecule has 0 fully saturated rings. The van der Waals surface area contributed by atoms with E-state index in [1.807, 2.05) is 25.1 Å². The van der Waals surface area contributed by atoms with E-state index in [0.29, 0.717) is 18.0 Å². The Bertz CT molecular complexity index is 839. The summed E-state index contributed by atoms with van der Waals surface area (Å²) in [5.74, 6) is 0.369. The van der Waals surface area contributed by atoms with Crippen molar-refractivity contribution in [3.8, 4) is 0 Å². The summed E-state index contributed by atoms with van der Waals surface area (Å²) in [5.41, 5.74) is 4.53. The van der Waals surface area contributed by atoms with Crippen LogP contribution in [0.1, 0.15) is 47.3 Å². The monoisotopic (exact) mass is 424 g/mol. The molecule has 31 heavy (non-hydrogen) atoms. The molecule has 2 aromatic rings. The van der Waals surface area contributed by atoms with Crippen LogP contribution in [0.15, 0.2) is 48.5 Å². The summed E-state index contributed by atoms with van der Waals surface area (Å²) in [7, 11) is 0. The van der Waals surface area contributed by atoms with Gasteiger partial charge >= 0.3 is 0 Å². The van der Waals surface area contributed by atoms with Crippen molar-refractivity contribution in [1.82, 2.24) is 10.2 Å². The van der Waals surface area contributed by atoms with Crippen LogP contribution in [-0.4, -0.2) is 54.9 Å². The number of nitrogens with zero attached hydrogens (tertiary/aromatic N) is 1. The Labute approximate surface area is 186 Å². The molecule has 3 rings (SSSR count). The van der Waals surface area contributed by atoms with Gasteiger partial charge in [-0.05, 0) is 60.9 Å². The van der Waals surface area contributed by atoms with Crippen molar-refractivity contribution < 1.29 is 14.6 Å². The Morgan fingerprint density at radius 1 is 1.19 bits per heavy atom. The van der Waals surface area contributed by atoms with Gasteiger partial charge < -0.3 is 15.2 Å². The van der Waals surface area contributed by atoms with Crippen LogP contribution in [0, 0.1) is 5.92 Å². The second-order valence-corrected chi connectivity index (χ2v) is 8.61. The lowest BCUT2D eigenvalue weighted by Crippen LogP contribution is -2.42. The summed E-state index contributed by atoms with van der Waals surface area (Å²) in [6.07, 6.45) is 2.35. The van der Waals surface area contributed by atoms with E-state index >= 15 is 0 Å². The van der Waals surface area contributed by atoms with Gasteiger partial charge in [0.1, 0.15) is 0 Å². The van der Waals surface area contributed by atoms with E-state index in [4.69, 9.17) is 4.74 Å². The first-order chi connectivity index (χ1) is 15.0. The number of aliphatic hydroxyl groups is 1. The standard InChI is InChI=1S/C26H36N2O3/c1-3-31-14-12-20(2)15-21-7-6-10-23(16-21)26(30)27-17-25(29)19-28-13-11-22-8-4-5-9-24(22)18-28/h4-10,16,20,25,29H,3,11-15,17-19H2,1-2H3,(H,27,30). The topological polar surface area (TPSA) is 61.8 Å². The lowest BCUT2D eigenvalue weighted by atomic mass is 9.97. The van der Waals surface area contributed by atoms with Crippen molar-refractivity contribution >= 4 is 5.91 Å². The van der Waals surface area contributed by atoms with Crippen LogP contribution in [-0.2, 0) is 24.1 Å². The van der Waals surface area contributed by atoms with Gasteiger partial charge in [0, 0.05) is 45.0 Å². The van der Waals surface area contributed by atoms with E-state index in [2.05, 4.69) is 47.5 Å². The first-order valence-corrected chi connectivity index (χ1v) is 11.5. The van der Waals surface area contributed by atoms with Crippen molar-refractivity contribution in [2.45, 2.75) is 45.8 Å². The quantitative estimate of drug-likeness (QED) is 0.543. The molecule has 0 saturated heterocycles. The fourth-order valence-electron chi connectivity index (χ4n) is 4.16. The molecule has 1 amide bonds. The Hall–Kier alpha value is -2.21. The van der Waals surface area contributed by atoms with Gasteiger partial charge in [0.25, 0.3) is 5.91 Å². The molecule has 168 valence electrons. The summed E-state index contributed by atoms with van der Waals surface area (Å²) >= 11 is 0. The zero-order valence-corrected chi connectivity index (χ0v) is 18.8. The number of amides is 1. The van der Waals surface area contributed by atoms with Crippen molar-refractivity contribution in [3.63, 3.8) is 0 Å². The minimum absolute atomic E-state index is 0.133. The maximum atomic E-state index is 12.6. The van der Waals surface area contributed by atoms with E-state index in [1.165, 1.54) is 11.1 Å². The molecule has 0 spiro atoms. The number of nitrogens with one attached hydrogen (secondary N) is 1. The van der Waals surface area contributed by atoms with Gasteiger partial charge in [-0.2, -0.15) is 0 Å². The van der Waals surface area contributed by atoms with Gasteiger partial charge in [0.15, 0.2) is 0 Å². The molecule has 5 heteroatoms. The third kappa shape index (κ3) is 7.46. The number of carbonyl (C=O) groups is 1. The Morgan fingerprint density at radius 3 is 2.81 bits per heavy atom. The second kappa shape index (κ2) is 12.0. The molecule has 2 N–H and O–H groups in total. The number of rotatable bonds is 11. The normalized spacial score (nSPS) is 15.8. The number of hydrogen-bond acceptors (Lipinski definition) is 4. The maximum Gasteiger partial charge on any atom is 0.251 e. The van der Waals surface area contributed by atoms with Crippen molar-refractivity contribution in [3.05, 3.63) is 70.8 Å². The Kier molecular flexibility index (Phi) is 9.07. The molecule has 0 aliphatic carbocycles. The SMILES string of the molecule is CCOCCC(C)Cc1cccc(C(=O)NCC(O)CN2CCc3ccccc3C2)c1. The number of ether oxygens (including phenoxy) is 1. The molecule has 1 aliphatic heterocycles. The summed E-state index contributed by atoms with van der Waals surface area (Å²) < 4.78 is 5.44. The van der Waals surface area contributed by atoms with Crippen LogP contribution >= 0.6 is 0 Å². The third-order valence-electron chi connectivity index (χ3n) is 5.91. The van der Waals surface area contributed by atoms with Crippen molar-refractivity contribution in [2.75, 3.05) is 32.8 Å². The highest BCUT2D eigenvalue weighted by Gasteiger charge is 2.19. The summed E-state index contributed by atoms with van der Waals surface area (Å²) in [6.45, 7) is 8.35. The third-order valence-corrected chi connectivity index (χ3v) is 5.91. The Balaban J connectivity index is 1.44. The molecule has 0 aromatic heterocycles. The first kappa shape index (κ1) is 23.5. The van der Waals surface area contributed by atoms with Crippen LogP contribution < -0.4 is 5.32 Å². The summed E-state index contributed by atoms with van der Waals surface area (Å²) in [6, 6.07) is 16.3. The predicted octanol–water partition coefficient (Wildman–Crippen LogP) is 3.44. The van der Waals surface area contributed by atoms with Crippen LogP contribution in [0.25, 0.3) is 0 Å². The van der Waals surface area contributed by atoms with Crippen LogP contribution in [0.5, 0.6) is 0 Å². The van der Waals surface area contributed by atoms with E-state index in [9.17, 15) is 9.90 Å². The number of hydrogen-bond donors (Lipinski definition) is 2. The maximum absolute atomic E-state index is 12.6. The highest BCUT2D eigenvalue weighted by Crippen LogP contribution is 2.18. The molecule has 2 unspecified atom stereocenters. The highest BCUT2D eigenvalue weighted by molar-refractivity contribution is 5.94. The van der Waals surface area contributed by atoms with Crippen LogP contribution in [0.4, 0.5) is 0 Å². The predicted molar refractivity (Wildman–Crippen MR) is 124 cm³/mol. The average Bonchev–Trinajstić information content (AvgIpc) is 2.77. The van der Waals surface area contributed by atoms with Crippen LogP contribution in [0.3, 0.4) is 0 Å². The highest BCUT2D eigenvalue weighted by atomic mass is 16.5. The van der Waals surface area contributed by atoms with E-state index in [-0.39, 0.29) is 12.5 Å². The molecule has 0 bridgehead atoms. The van der Waals surface area contributed by atoms with Crippen molar-refractivity contribution in [2.24, 2.45) is 5.92 Å². The number of fused-ring (bicyclic) bond motifs is 1. The summed E-state index contributed by atoms with van der Waals surface area (Å²) in [5, 5.41) is 13.3. The molecule has 1 heterocycles. The zero-order valence-electron chi connectivity index (χ0n) is 18.8. The van der Waals surface area contributed by atoms with Gasteiger partial charge in [-0.15, -0.1) is 0 Å². The van der Waals surface area contributed by atoms with Gasteiger partial charge in [0.2, 0.25) is 0 Å². The van der Waals surface area contributed by atoms with Crippen molar-refractivity contribution in [1.29, 1.82) is 0 Å². The summed E-state index contributed by atoms with van der Waals surface area (Å²) in [4.78, 5) is 14.9. The molecular weight excluding hydrogens is 388 g/mol. The molecule has 0 radical (unpaired) electrons. The molecule has 5 nitrogen and oxygen atoms in total. The molecule has 1 aliphatic rings. The number of aliphatic hydroxyl groups excluding tert-OH is 1. The largest absolute Gasteiger partial charge is 0.390 e. The smallest absolute Gasteiger partial charge is 0.251 e. The molecular formula is C26H36N2O3. The Morgan fingerprint density at radius 2 is 2.00 bits per heavy atom. The minimum atomic E-state index is -0.587. The fraction of sp³-hybridized carbons (Fsp3) is 0.500. The van der Waals surface area contributed by atoms with Gasteiger partial charge in [-0.1, -0.05) is 43.3 Å². The van der Waals surface area contributed by atoms with E-state index in [1.54, 1.807) is 0 Å². The van der Waals surface area contributed by atoms with E-state index < -0.39 is 6.10 Å². The average molecular weight is 425 g/mol. The minimum Gasteiger partial charge on any atom is -0.390 e. The number of carbonyl (C=O) groups excluding carboxylic acids is 1. The lowest BCUT2D eigenvalue weighted by Gasteiger charge is -2.30. The fourth-order valence-corrected chi connectivity index (χ4v) is 4.16. The van der Waals surface area contributed by atoms with Gasteiger partial charge in [-0.3, -0.25) is 9.69 Å². The first-order valence-electron chi connectivity index (χ1n) is 11.5. The number of benzene rings is 2. The molecule has 2 aromatic carbocycles. The zero-order chi connectivity index (χ0) is 22.1. The van der Waals surface area contributed by atoms with Gasteiger partial charge in [0.05, 0.1) is 6.10 Å². The lowest BCUT2D eigenvalue weighted by molar-refractivity contribution is 0.0841.